The van der Waals surface area contributed by atoms with Gasteiger partial charge in [0.15, 0.2) is 0 Å². The summed E-state index contributed by atoms with van der Waals surface area (Å²) in [7, 11) is -3.49. The fourth-order valence-corrected chi connectivity index (χ4v) is 5.80. The third-order valence-corrected chi connectivity index (χ3v) is 7.47. The molecule has 24 heavy (non-hydrogen) atoms. The van der Waals surface area contributed by atoms with Crippen LogP contribution in [0, 0.1) is 0 Å². The third-order valence-electron chi connectivity index (χ3n) is 4.52. The molecule has 2 aliphatic heterocycles. The number of amides is 1. The Labute approximate surface area is 147 Å². The molecule has 0 aliphatic carbocycles. The first-order valence-electron chi connectivity index (χ1n) is 8.56. The molecule has 3 rings (SSSR count). The predicted octanol–water partition coefficient (Wildman–Crippen LogP) is 2.22. The molecule has 1 aromatic heterocycles. The Bertz CT molecular complexity index is 657. The Morgan fingerprint density at radius 3 is 2.67 bits per heavy atom. The van der Waals surface area contributed by atoms with Crippen molar-refractivity contribution in [3.8, 4) is 0 Å². The maximum Gasteiger partial charge on any atom is 0.261 e. The van der Waals surface area contributed by atoms with Crippen LogP contribution in [0.25, 0.3) is 0 Å². The number of ether oxygens (including phenoxy) is 1. The maximum absolute atomic E-state index is 12.7. The van der Waals surface area contributed by atoms with Crippen molar-refractivity contribution in [2.24, 2.45) is 0 Å². The molecule has 134 valence electrons. The van der Waals surface area contributed by atoms with E-state index in [-0.39, 0.29) is 16.9 Å². The molecular weight excluding hydrogens is 348 g/mol. The van der Waals surface area contributed by atoms with Crippen LogP contribution in [0.2, 0.25) is 0 Å². The minimum Gasteiger partial charge on any atom is -0.376 e. The smallest absolute Gasteiger partial charge is 0.261 e. The molecule has 0 spiro atoms. The summed E-state index contributed by atoms with van der Waals surface area (Å²) in [5.74, 6) is -0.229. The number of rotatable bonds is 5. The van der Waals surface area contributed by atoms with Gasteiger partial charge in [-0.25, -0.2) is 8.42 Å². The molecule has 6 nitrogen and oxygen atoms in total. The molecule has 0 bridgehead atoms. The molecule has 1 aromatic rings. The van der Waals surface area contributed by atoms with Gasteiger partial charge in [0.25, 0.3) is 5.91 Å². The van der Waals surface area contributed by atoms with Crippen LogP contribution in [0.5, 0.6) is 0 Å². The number of carbonyl (C=O) groups is 1. The van der Waals surface area contributed by atoms with Crippen molar-refractivity contribution in [3.63, 3.8) is 0 Å². The van der Waals surface area contributed by atoms with Gasteiger partial charge in [-0.1, -0.05) is 12.8 Å². The van der Waals surface area contributed by atoms with Crippen LogP contribution in [-0.2, 0) is 14.8 Å². The van der Waals surface area contributed by atoms with E-state index in [1.807, 2.05) is 0 Å². The SMILES string of the molecule is O=C(NC[C@@H]1CCCO1)c1cc(S(=O)(=O)N2CCCCCC2)cs1. The number of nitrogens with one attached hydrogen (secondary N) is 1. The molecular formula is C16H24N2O4S2. The second-order valence-corrected chi connectivity index (χ2v) is 9.16. The molecule has 0 saturated carbocycles. The van der Waals surface area contributed by atoms with E-state index < -0.39 is 10.0 Å². The van der Waals surface area contributed by atoms with Gasteiger partial charge in [-0.2, -0.15) is 4.31 Å². The van der Waals surface area contributed by atoms with E-state index >= 15 is 0 Å². The molecule has 2 fully saturated rings. The Kier molecular flexibility index (Phi) is 5.91. The van der Waals surface area contributed by atoms with Crippen molar-refractivity contribution in [2.45, 2.75) is 49.5 Å². The van der Waals surface area contributed by atoms with Crippen LogP contribution in [-0.4, -0.2) is 51.0 Å². The summed E-state index contributed by atoms with van der Waals surface area (Å²) >= 11 is 1.18. The van der Waals surface area contributed by atoms with Crippen LogP contribution in [0.15, 0.2) is 16.3 Å². The summed E-state index contributed by atoms with van der Waals surface area (Å²) < 4.78 is 32.5. The molecule has 2 saturated heterocycles. The first kappa shape index (κ1) is 17.8. The largest absolute Gasteiger partial charge is 0.376 e. The van der Waals surface area contributed by atoms with E-state index in [1.165, 1.54) is 17.4 Å². The Morgan fingerprint density at radius 1 is 1.25 bits per heavy atom. The van der Waals surface area contributed by atoms with Crippen LogP contribution in [0.4, 0.5) is 0 Å². The fraction of sp³-hybridized carbons (Fsp3) is 0.688. The molecule has 2 aliphatic rings. The van der Waals surface area contributed by atoms with Crippen molar-refractivity contribution in [2.75, 3.05) is 26.2 Å². The zero-order valence-corrected chi connectivity index (χ0v) is 15.3. The van der Waals surface area contributed by atoms with Crippen molar-refractivity contribution in [1.29, 1.82) is 0 Å². The molecule has 8 heteroatoms. The minimum atomic E-state index is -3.49. The highest BCUT2D eigenvalue weighted by atomic mass is 32.2. The Morgan fingerprint density at radius 2 is 2.00 bits per heavy atom. The van der Waals surface area contributed by atoms with Gasteiger partial charge in [0, 0.05) is 31.6 Å². The standard InChI is InChI=1S/C16H24N2O4S2/c19-16(17-11-13-6-5-9-22-13)15-10-14(12-23-15)24(20,21)18-7-3-1-2-4-8-18/h10,12-13H,1-9,11H2,(H,17,19)/t13-/m0/s1. The Balaban J connectivity index is 1.63. The average molecular weight is 373 g/mol. The summed E-state index contributed by atoms with van der Waals surface area (Å²) in [6.45, 7) is 2.36. The molecule has 1 amide bonds. The average Bonchev–Trinajstić information content (AvgIpc) is 3.19. The molecule has 0 radical (unpaired) electrons. The van der Waals surface area contributed by atoms with Gasteiger partial charge in [-0.05, 0) is 31.7 Å². The van der Waals surface area contributed by atoms with Gasteiger partial charge >= 0.3 is 0 Å². The highest BCUT2D eigenvalue weighted by Crippen LogP contribution is 2.25. The van der Waals surface area contributed by atoms with E-state index in [0.29, 0.717) is 24.5 Å². The van der Waals surface area contributed by atoms with E-state index in [4.69, 9.17) is 4.74 Å². The van der Waals surface area contributed by atoms with Crippen molar-refractivity contribution in [1.82, 2.24) is 9.62 Å². The highest BCUT2D eigenvalue weighted by Gasteiger charge is 2.27. The van der Waals surface area contributed by atoms with Crippen LogP contribution in [0.1, 0.15) is 48.2 Å². The highest BCUT2D eigenvalue weighted by molar-refractivity contribution is 7.89. The molecule has 3 heterocycles. The molecule has 0 aromatic carbocycles. The zero-order valence-electron chi connectivity index (χ0n) is 13.7. The van der Waals surface area contributed by atoms with Crippen molar-refractivity contribution in [3.05, 3.63) is 16.3 Å². The number of sulfonamides is 1. The summed E-state index contributed by atoms with van der Waals surface area (Å²) in [4.78, 5) is 12.9. The summed E-state index contributed by atoms with van der Waals surface area (Å²) in [6, 6.07) is 1.50. The predicted molar refractivity (Wildman–Crippen MR) is 92.9 cm³/mol. The summed E-state index contributed by atoms with van der Waals surface area (Å²) in [6.07, 6.45) is 6.01. The van der Waals surface area contributed by atoms with Gasteiger partial charge in [-0.3, -0.25) is 4.79 Å². The first-order chi connectivity index (χ1) is 11.6. The third kappa shape index (κ3) is 4.17. The van der Waals surface area contributed by atoms with E-state index in [9.17, 15) is 13.2 Å². The second-order valence-electron chi connectivity index (χ2n) is 6.31. The van der Waals surface area contributed by atoms with Crippen LogP contribution in [0.3, 0.4) is 0 Å². The van der Waals surface area contributed by atoms with Crippen molar-refractivity contribution >= 4 is 27.3 Å². The Hall–Kier alpha value is -0.960. The lowest BCUT2D eigenvalue weighted by molar-refractivity contribution is 0.0861. The topological polar surface area (TPSA) is 75.7 Å². The van der Waals surface area contributed by atoms with Crippen LogP contribution < -0.4 is 5.32 Å². The van der Waals surface area contributed by atoms with Gasteiger partial charge in [0.1, 0.15) is 0 Å². The van der Waals surface area contributed by atoms with Gasteiger partial charge < -0.3 is 10.1 Å². The van der Waals surface area contributed by atoms with Crippen LogP contribution >= 0.6 is 11.3 Å². The monoisotopic (exact) mass is 372 g/mol. The van der Waals surface area contributed by atoms with Gasteiger partial charge in [0.2, 0.25) is 10.0 Å². The summed E-state index contributed by atoms with van der Waals surface area (Å²) in [5.41, 5.74) is 0. The normalized spacial score (nSPS) is 23.1. The summed E-state index contributed by atoms with van der Waals surface area (Å²) in [5, 5.41) is 4.40. The van der Waals surface area contributed by atoms with Gasteiger partial charge in [0.05, 0.1) is 15.9 Å². The molecule has 1 N–H and O–H groups in total. The number of hydrogen-bond acceptors (Lipinski definition) is 5. The second kappa shape index (κ2) is 7.95. The lowest BCUT2D eigenvalue weighted by Crippen LogP contribution is -2.32. The quantitative estimate of drug-likeness (QED) is 0.860. The molecule has 0 unspecified atom stereocenters. The lowest BCUT2D eigenvalue weighted by atomic mass is 10.2. The lowest BCUT2D eigenvalue weighted by Gasteiger charge is -2.18. The number of carbonyl (C=O) groups excluding carboxylic acids is 1. The van der Waals surface area contributed by atoms with Gasteiger partial charge in [-0.15, -0.1) is 11.3 Å². The first-order valence-corrected chi connectivity index (χ1v) is 10.9. The zero-order chi connectivity index (χ0) is 17.0. The fourth-order valence-electron chi connectivity index (χ4n) is 3.10. The van der Waals surface area contributed by atoms with E-state index in [2.05, 4.69) is 5.32 Å². The van der Waals surface area contributed by atoms with E-state index in [0.717, 1.165) is 45.1 Å². The number of nitrogens with zero attached hydrogens (tertiary/aromatic N) is 1. The minimum absolute atomic E-state index is 0.0780. The molecule has 1 atom stereocenters. The van der Waals surface area contributed by atoms with Crippen molar-refractivity contribution < 1.29 is 17.9 Å². The van der Waals surface area contributed by atoms with E-state index in [1.54, 1.807) is 9.69 Å². The number of hydrogen-bond donors (Lipinski definition) is 1. The number of thiophene rings is 1. The maximum atomic E-state index is 12.7.